The average Bonchev–Trinajstić information content (AvgIpc) is 2.79. The third-order valence-electron chi connectivity index (χ3n) is 2.59. The predicted molar refractivity (Wildman–Crippen MR) is 86.3 cm³/mol. The monoisotopic (exact) mass is 309 g/mol. The molecule has 0 bridgehead atoms. The minimum Gasteiger partial charge on any atom is -0.455 e. The van der Waals surface area contributed by atoms with Gasteiger partial charge in [-0.1, -0.05) is 32.9 Å². The van der Waals surface area contributed by atoms with Gasteiger partial charge in [0.05, 0.1) is 16.0 Å². The summed E-state index contributed by atoms with van der Waals surface area (Å²) in [6, 6.07) is 7.95. The average molecular weight is 309 g/mol. The van der Waals surface area contributed by atoms with Crippen molar-refractivity contribution < 1.29 is 9.53 Å². The van der Waals surface area contributed by atoms with Crippen molar-refractivity contribution in [1.82, 2.24) is 4.98 Å². The normalized spacial score (nSPS) is 13.4. The number of thioether (sulfide) groups is 1. The summed E-state index contributed by atoms with van der Waals surface area (Å²) in [7, 11) is 0. The number of aromatic nitrogens is 1. The maximum absolute atomic E-state index is 11.8. The van der Waals surface area contributed by atoms with Gasteiger partial charge in [-0.25, -0.2) is 4.98 Å². The molecule has 0 radical (unpaired) electrons. The number of thiazole rings is 1. The molecule has 0 aliphatic heterocycles. The lowest BCUT2D eigenvalue weighted by atomic mass is 10.3. The molecule has 2 rings (SSSR count). The molecule has 3 nitrogen and oxygen atoms in total. The topological polar surface area (TPSA) is 39.2 Å². The van der Waals surface area contributed by atoms with Gasteiger partial charge in [0.1, 0.15) is 5.01 Å². The number of esters is 1. The van der Waals surface area contributed by atoms with Gasteiger partial charge in [-0.2, -0.15) is 0 Å². The van der Waals surface area contributed by atoms with Gasteiger partial charge in [-0.3, -0.25) is 4.79 Å². The third-order valence-corrected chi connectivity index (χ3v) is 5.03. The first-order valence-electron chi connectivity index (χ1n) is 6.54. The summed E-state index contributed by atoms with van der Waals surface area (Å²) in [6.07, 6.45) is -0.291. The number of carbonyl (C=O) groups is 1. The van der Waals surface area contributed by atoms with E-state index < -0.39 is 0 Å². The Kier molecular flexibility index (Phi) is 4.70. The molecule has 20 heavy (non-hydrogen) atoms. The lowest BCUT2D eigenvalue weighted by Gasteiger charge is -2.17. The van der Waals surface area contributed by atoms with E-state index in [0.717, 1.165) is 15.2 Å². The molecule has 0 fully saturated rings. The van der Waals surface area contributed by atoms with Crippen LogP contribution in [0.3, 0.4) is 0 Å². The highest BCUT2D eigenvalue weighted by molar-refractivity contribution is 8.01. The summed E-state index contributed by atoms with van der Waals surface area (Å²) in [6.45, 7) is 8.13. The van der Waals surface area contributed by atoms with Gasteiger partial charge in [-0.05, 0) is 19.1 Å². The van der Waals surface area contributed by atoms with Crippen molar-refractivity contribution >= 4 is 39.3 Å². The van der Waals surface area contributed by atoms with Crippen molar-refractivity contribution in [1.29, 1.82) is 0 Å². The molecule has 5 heteroatoms. The minimum atomic E-state index is -0.291. The van der Waals surface area contributed by atoms with Crippen LogP contribution in [0, 0.1) is 0 Å². The molecule has 1 aromatic heterocycles. The first-order chi connectivity index (χ1) is 9.35. The maximum atomic E-state index is 11.8. The Balaban J connectivity index is 1.97. The summed E-state index contributed by atoms with van der Waals surface area (Å²) in [5.74, 6) is 0.190. The number of rotatable bonds is 4. The van der Waals surface area contributed by atoms with E-state index in [1.165, 1.54) is 0 Å². The molecule has 108 valence electrons. The molecule has 1 heterocycles. The molecule has 1 aromatic carbocycles. The highest BCUT2D eigenvalue weighted by Gasteiger charge is 2.18. The second-order valence-corrected chi connectivity index (χ2v) is 8.42. The second-order valence-electron chi connectivity index (χ2n) is 5.55. The van der Waals surface area contributed by atoms with Crippen molar-refractivity contribution in [3.05, 3.63) is 29.3 Å². The Morgan fingerprint density at radius 1 is 1.40 bits per heavy atom. The van der Waals surface area contributed by atoms with Crippen LogP contribution in [0.5, 0.6) is 0 Å². The summed E-state index contributed by atoms with van der Waals surface area (Å²) < 4.78 is 6.64. The Morgan fingerprint density at radius 2 is 2.10 bits per heavy atom. The summed E-state index contributed by atoms with van der Waals surface area (Å²) in [4.78, 5) is 16.3. The van der Waals surface area contributed by atoms with Gasteiger partial charge >= 0.3 is 5.97 Å². The quantitative estimate of drug-likeness (QED) is 0.783. The van der Waals surface area contributed by atoms with Crippen molar-refractivity contribution in [2.45, 2.75) is 38.5 Å². The highest BCUT2D eigenvalue weighted by Crippen LogP contribution is 2.29. The fourth-order valence-electron chi connectivity index (χ4n) is 1.62. The lowest BCUT2D eigenvalue weighted by molar-refractivity contribution is -0.145. The molecule has 2 aromatic rings. The van der Waals surface area contributed by atoms with E-state index >= 15 is 0 Å². The summed E-state index contributed by atoms with van der Waals surface area (Å²) in [5, 5.41) is 0.848. The smallest absolute Gasteiger partial charge is 0.316 e. The van der Waals surface area contributed by atoms with Crippen LogP contribution < -0.4 is 0 Å². The number of hydrogen-bond donors (Lipinski definition) is 0. The molecule has 0 amide bonds. The van der Waals surface area contributed by atoms with Gasteiger partial charge in [0.25, 0.3) is 0 Å². The van der Waals surface area contributed by atoms with Crippen molar-refractivity contribution in [3.8, 4) is 0 Å². The highest BCUT2D eigenvalue weighted by atomic mass is 32.2. The van der Waals surface area contributed by atoms with Gasteiger partial charge in [-0.15, -0.1) is 23.1 Å². The van der Waals surface area contributed by atoms with Crippen LogP contribution in [0.1, 0.15) is 38.8 Å². The van der Waals surface area contributed by atoms with Crippen molar-refractivity contribution in [2.24, 2.45) is 0 Å². The number of carbonyl (C=O) groups excluding carboxylic acids is 1. The molecule has 0 aliphatic rings. The fourth-order valence-corrected chi connectivity index (χ4v) is 3.19. The zero-order valence-electron chi connectivity index (χ0n) is 12.2. The van der Waals surface area contributed by atoms with E-state index in [1.54, 1.807) is 23.1 Å². The SMILES string of the molecule is CC(OC(=O)CSC(C)(C)C)c1nc2ccccc2s1. The number of para-hydroxylation sites is 1. The van der Waals surface area contributed by atoms with Crippen LogP contribution in [-0.4, -0.2) is 21.5 Å². The molecular formula is C15H19NO2S2. The van der Waals surface area contributed by atoms with Crippen LogP contribution in [0.2, 0.25) is 0 Å². The molecule has 1 atom stereocenters. The number of fused-ring (bicyclic) bond motifs is 1. The third kappa shape index (κ3) is 4.21. The summed E-state index contributed by atoms with van der Waals surface area (Å²) >= 11 is 3.17. The van der Waals surface area contributed by atoms with Crippen molar-refractivity contribution in [2.75, 3.05) is 5.75 Å². The molecule has 0 spiro atoms. The summed E-state index contributed by atoms with van der Waals surface area (Å²) in [5.41, 5.74) is 0.958. The van der Waals surface area contributed by atoms with E-state index in [-0.39, 0.29) is 16.8 Å². The largest absolute Gasteiger partial charge is 0.455 e. The molecule has 0 saturated heterocycles. The van der Waals surface area contributed by atoms with E-state index in [1.807, 2.05) is 31.2 Å². The van der Waals surface area contributed by atoms with E-state index in [9.17, 15) is 4.79 Å². The fraction of sp³-hybridized carbons (Fsp3) is 0.467. The zero-order chi connectivity index (χ0) is 14.8. The Hall–Kier alpha value is -1.07. The molecule has 0 aliphatic carbocycles. The molecular weight excluding hydrogens is 290 g/mol. The van der Waals surface area contributed by atoms with E-state index in [4.69, 9.17) is 4.74 Å². The van der Waals surface area contributed by atoms with Gasteiger partial charge < -0.3 is 4.74 Å². The molecule has 1 unspecified atom stereocenters. The van der Waals surface area contributed by atoms with Crippen LogP contribution in [-0.2, 0) is 9.53 Å². The van der Waals surface area contributed by atoms with E-state index in [0.29, 0.717) is 5.75 Å². The Morgan fingerprint density at radius 3 is 2.75 bits per heavy atom. The maximum Gasteiger partial charge on any atom is 0.316 e. The minimum absolute atomic E-state index is 0.0676. The number of nitrogens with zero attached hydrogens (tertiary/aromatic N) is 1. The number of ether oxygens (including phenoxy) is 1. The number of hydrogen-bond acceptors (Lipinski definition) is 5. The van der Waals surface area contributed by atoms with Crippen LogP contribution in [0.4, 0.5) is 0 Å². The molecule has 0 N–H and O–H groups in total. The second kappa shape index (κ2) is 6.14. The number of benzene rings is 1. The van der Waals surface area contributed by atoms with Gasteiger partial charge in [0.2, 0.25) is 0 Å². The van der Waals surface area contributed by atoms with Crippen LogP contribution >= 0.6 is 23.1 Å². The zero-order valence-corrected chi connectivity index (χ0v) is 13.8. The van der Waals surface area contributed by atoms with Gasteiger partial charge in [0.15, 0.2) is 6.10 Å². The Labute approximate surface area is 127 Å². The van der Waals surface area contributed by atoms with Crippen molar-refractivity contribution in [3.63, 3.8) is 0 Å². The predicted octanol–water partition coefficient (Wildman–Crippen LogP) is 4.43. The molecule has 0 saturated carbocycles. The Bertz CT molecular complexity index is 568. The first kappa shape index (κ1) is 15.3. The van der Waals surface area contributed by atoms with E-state index in [2.05, 4.69) is 25.8 Å². The lowest BCUT2D eigenvalue weighted by Crippen LogP contribution is -2.16. The first-order valence-corrected chi connectivity index (χ1v) is 8.34. The van der Waals surface area contributed by atoms with Crippen LogP contribution in [0.15, 0.2) is 24.3 Å². The van der Waals surface area contributed by atoms with Crippen LogP contribution in [0.25, 0.3) is 10.2 Å². The van der Waals surface area contributed by atoms with Gasteiger partial charge in [0, 0.05) is 4.75 Å². The standard InChI is InChI=1S/C15H19NO2S2/c1-10(18-13(17)9-19-15(2,3)4)14-16-11-7-5-6-8-12(11)20-14/h5-8,10H,9H2,1-4H3.